The summed E-state index contributed by atoms with van der Waals surface area (Å²) < 4.78 is 18.1. The van der Waals surface area contributed by atoms with Crippen LogP contribution in [0.3, 0.4) is 0 Å². The number of ether oxygens (including phenoxy) is 3. The molecule has 1 aromatic heterocycles. The normalized spacial score (nSPS) is 16.5. The van der Waals surface area contributed by atoms with E-state index >= 15 is 0 Å². The molecule has 1 fully saturated rings. The average Bonchev–Trinajstić information content (AvgIpc) is 3.02. The lowest BCUT2D eigenvalue weighted by Crippen LogP contribution is -2.47. The third-order valence-electron chi connectivity index (χ3n) is 5.02. The van der Waals surface area contributed by atoms with Gasteiger partial charge >= 0.3 is 0 Å². The minimum atomic E-state index is -0.0928. The monoisotopic (exact) mass is 361 g/mol. The van der Waals surface area contributed by atoms with Crippen LogP contribution in [0.2, 0.25) is 0 Å². The van der Waals surface area contributed by atoms with Gasteiger partial charge < -0.3 is 24.1 Å². The second-order valence-electron chi connectivity index (χ2n) is 6.53. The Morgan fingerprint density at radius 1 is 1.27 bits per heavy atom. The summed E-state index contributed by atoms with van der Waals surface area (Å²) >= 11 is 0. The van der Waals surface area contributed by atoms with E-state index in [1.807, 2.05) is 29.8 Å². The molecule has 1 saturated heterocycles. The molecule has 1 aliphatic rings. The minimum Gasteiger partial charge on any atom is -0.493 e. The van der Waals surface area contributed by atoms with Gasteiger partial charge in [0.05, 0.1) is 33.0 Å². The Morgan fingerprint density at radius 3 is 2.65 bits per heavy atom. The fourth-order valence-electron chi connectivity index (χ4n) is 3.43. The topological polar surface area (TPSA) is 65.0 Å². The largest absolute Gasteiger partial charge is 0.493 e. The maximum atomic E-state index is 12.7. The number of hydrogen-bond acceptors (Lipinski definition) is 5. The number of benzene rings is 1. The number of aryl methyl sites for hydroxylation is 1. The van der Waals surface area contributed by atoms with Gasteiger partial charge in [0.15, 0.2) is 11.5 Å². The molecular weight excluding hydrogens is 334 g/mol. The first kappa shape index (κ1) is 18.5. The predicted octanol–water partition coefficient (Wildman–Crippen LogP) is 1.65. The molecule has 2 heterocycles. The van der Waals surface area contributed by atoms with Gasteiger partial charge in [0.2, 0.25) is 0 Å². The van der Waals surface area contributed by atoms with Crippen molar-refractivity contribution in [3.8, 4) is 11.5 Å². The second-order valence-corrected chi connectivity index (χ2v) is 6.53. The van der Waals surface area contributed by atoms with E-state index in [0.29, 0.717) is 23.7 Å². The smallest absolute Gasteiger partial charge is 0.267 e. The van der Waals surface area contributed by atoms with Crippen molar-refractivity contribution in [2.45, 2.75) is 13.0 Å². The lowest BCUT2D eigenvalue weighted by Gasteiger charge is -2.32. The van der Waals surface area contributed by atoms with Gasteiger partial charge in [0.1, 0.15) is 5.69 Å². The molecule has 0 radical (unpaired) electrons. The van der Waals surface area contributed by atoms with Crippen molar-refractivity contribution < 1.29 is 19.0 Å². The van der Waals surface area contributed by atoms with Gasteiger partial charge in [0.25, 0.3) is 5.91 Å². The van der Waals surface area contributed by atoms with Gasteiger partial charge in [0, 0.05) is 38.1 Å². The van der Waals surface area contributed by atoms with Gasteiger partial charge in [-0.2, -0.15) is 0 Å². The Kier molecular flexibility index (Phi) is 5.68. The van der Waals surface area contributed by atoms with Crippen LogP contribution in [0.25, 0.3) is 10.9 Å². The zero-order valence-electron chi connectivity index (χ0n) is 15.9. The van der Waals surface area contributed by atoms with E-state index in [2.05, 4.69) is 17.1 Å². The molecule has 1 unspecified atom stereocenters. The molecule has 0 spiro atoms. The highest BCUT2D eigenvalue weighted by atomic mass is 16.5. The summed E-state index contributed by atoms with van der Waals surface area (Å²) in [4.78, 5) is 15.1. The van der Waals surface area contributed by atoms with Crippen LogP contribution < -0.4 is 14.8 Å². The summed E-state index contributed by atoms with van der Waals surface area (Å²) in [7, 11) is 5.09. The first-order chi connectivity index (χ1) is 12.6. The minimum absolute atomic E-state index is 0.0928. The lowest BCUT2D eigenvalue weighted by molar-refractivity contribution is 0.0204. The van der Waals surface area contributed by atoms with Crippen LogP contribution in [0.15, 0.2) is 18.2 Å². The number of carbonyl (C=O) groups is 1. The molecule has 26 heavy (non-hydrogen) atoms. The molecule has 7 heteroatoms. The van der Waals surface area contributed by atoms with Crippen molar-refractivity contribution >= 4 is 16.8 Å². The molecule has 3 rings (SSSR count). The molecule has 2 aromatic rings. The second kappa shape index (κ2) is 7.97. The van der Waals surface area contributed by atoms with Crippen molar-refractivity contribution in [3.05, 3.63) is 23.9 Å². The van der Waals surface area contributed by atoms with Crippen LogP contribution in [0.1, 0.15) is 17.4 Å². The van der Waals surface area contributed by atoms with E-state index in [4.69, 9.17) is 14.2 Å². The number of methoxy groups -OCH3 is 2. The first-order valence-electron chi connectivity index (χ1n) is 8.87. The molecule has 1 aliphatic heterocycles. The van der Waals surface area contributed by atoms with Gasteiger partial charge in [-0.15, -0.1) is 0 Å². The maximum Gasteiger partial charge on any atom is 0.267 e. The fraction of sp³-hybridized carbons (Fsp3) is 0.526. The van der Waals surface area contributed by atoms with E-state index in [0.717, 1.165) is 37.2 Å². The van der Waals surface area contributed by atoms with Gasteiger partial charge in [-0.05, 0) is 25.1 Å². The van der Waals surface area contributed by atoms with Crippen molar-refractivity contribution in [2.24, 2.45) is 7.05 Å². The summed E-state index contributed by atoms with van der Waals surface area (Å²) in [5.41, 5.74) is 1.52. The maximum absolute atomic E-state index is 12.7. The third kappa shape index (κ3) is 3.50. The number of fused-ring (bicyclic) bond motifs is 1. The van der Waals surface area contributed by atoms with Crippen LogP contribution in [0.4, 0.5) is 0 Å². The molecule has 1 atom stereocenters. The van der Waals surface area contributed by atoms with Gasteiger partial charge in [-0.3, -0.25) is 9.69 Å². The fourth-order valence-corrected chi connectivity index (χ4v) is 3.43. The molecule has 0 bridgehead atoms. The Bertz CT molecular complexity index is 781. The highest BCUT2D eigenvalue weighted by molar-refractivity contribution is 6.01. The van der Waals surface area contributed by atoms with Crippen LogP contribution in [-0.4, -0.2) is 68.5 Å². The summed E-state index contributed by atoms with van der Waals surface area (Å²) in [5.74, 6) is 1.20. The number of nitrogens with one attached hydrogen (secondary N) is 1. The number of rotatable bonds is 6. The first-order valence-corrected chi connectivity index (χ1v) is 8.87. The molecule has 0 aliphatic carbocycles. The van der Waals surface area contributed by atoms with Crippen molar-refractivity contribution in [2.75, 3.05) is 47.1 Å². The predicted molar refractivity (Wildman–Crippen MR) is 100 cm³/mol. The summed E-state index contributed by atoms with van der Waals surface area (Å²) in [6.07, 6.45) is 0. The molecule has 7 nitrogen and oxygen atoms in total. The SMILES string of the molecule is COc1ccc2c(cc(C(=O)NCC(C)N3CCOCC3)n2C)c1OC. The van der Waals surface area contributed by atoms with Gasteiger partial charge in [-0.1, -0.05) is 0 Å². The highest BCUT2D eigenvalue weighted by Gasteiger charge is 2.21. The summed E-state index contributed by atoms with van der Waals surface area (Å²) in [6.45, 7) is 6.04. The average molecular weight is 361 g/mol. The lowest BCUT2D eigenvalue weighted by atomic mass is 10.2. The standard InChI is InChI=1S/C19H27N3O4/c1-13(22-7-9-26-10-8-22)12-20-19(23)16-11-14-15(21(16)2)5-6-17(24-3)18(14)25-4/h5-6,11,13H,7-10,12H2,1-4H3,(H,20,23). The quantitative estimate of drug-likeness (QED) is 0.848. The number of carbonyl (C=O) groups excluding carboxylic acids is 1. The Balaban J connectivity index is 1.76. The van der Waals surface area contributed by atoms with Crippen LogP contribution in [0, 0.1) is 0 Å². The number of aromatic nitrogens is 1. The molecule has 0 saturated carbocycles. The van der Waals surface area contributed by atoms with Crippen molar-refractivity contribution in [3.63, 3.8) is 0 Å². The van der Waals surface area contributed by atoms with Gasteiger partial charge in [-0.25, -0.2) is 0 Å². The van der Waals surface area contributed by atoms with E-state index in [-0.39, 0.29) is 11.9 Å². The van der Waals surface area contributed by atoms with E-state index in [1.54, 1.807) is 14.2 Å². The van der Waals surface area contributed by atoms with Crippen LogP contribution >= 0.6 is 0 Å². The number of hydrogen-bond donors (Lipinski definition) is 1. The molecule has 1 amide bonds. The highest BCUT2D eigenvalue weighted by Crippen LogP contribution is 2.36. The zero-order chi connectivity index (χ0) is 18.7. The molecule has 1 aromatic carbocycles. The summed E-state index contributed by atoms with van der Waals surface area (Å²) in [6, 6.07) is 5.91. The van der Waals surface area contributed by atoms with E-state index in [9.17, 15) is 4.79 Å². The van der Waals surface area contributed by atoms with Crippen molar-refractivity contribution in [1.29, 1.82) is 0 Å². The van der Waals surface area contributed by atoms with Crippen molar-refractivity contribution in [1.82, 2.24) is 14.8 Å². The Labute approximate surface area is 153 Å². The number of amides is 1. The molecule has 1 N–H and O–H groups in total. The Hall–Kier alpha value is -2.25. The van der Waals surface area contributed by atoms with Crippen LogP contribution in [0.5, 0.6) is 11.5 Å². The van der Waals surface area contributed by atoms with E-state index in [1.165, 1.54) is 0 Å². The molecule has 142 valence electrons. The van der Waals surface area contributed by atoms with Crippen LogP contribution in [-0.2, 0) is 11.8 Å². The zero-order valence-corrected chi connectivity index (χ0v) is 15.9. The third-order valence-corrected chi connectivity index (χ3v) is 5.02. The number of morpholine rings is 1. The summed E-state index contributed by atoms with van der Waals surface area (Å²) in [5, 5.41) is 3.91. The molecular formula is C19H27N3O4. The Morgan fingerprint density at radius 2 is 2.00 bits per heavy atom. The number of nitrogens with zero attached hydrogens (tertiary/aromatic N) is 2. The van der Waals surface area contributed by atoms with E-state index < -0.39 is 0 Å².